The molecule has 176 valence electrons. The monoisotopic (exact) mass is 480 g/mol. The van der Waals surface area contributed by atoms with Gasteiger partial charge in [-0.15, -0.1) is 0 Å². The first-order valence-electron chi connectivity index (χ1n) is 10.9. The molecule has 12 heteroatoms. The third kappa shape index (κ3) is 4.40. The number of hydrogen-bond donors (Lipinski definition) is 1. The Balaban J connectivity index is 1.38. The summed E-state index contributed by atoms with van der Waals surface area (Å²) in [4.78, 5) is 17.2. The van der Waals surface area contributed by atoms with Gasteiger partial charge in [0.25, 0.3) is 5.89 Å². The normalized spacial score (nSPS) is 18.4. The van der Waals surface area contributed by atoms with E-state index in [4.69, 9.17) is 10.3 Å². The molecule has 5 rings (SSSR count). The smallest absolute Gasteiger partial charge is 0.261 e. The van der Waals surface area contributed by atoms with Gasteiger partial charge in [-0.05, 0) is 24.0 Å². The van der Waals surface area contributed by atoms with E-state index in [0.717, 1.165) is 16.8 Å². The van der Waals surface area contributed by atoms with Gasteiger partial charge in [0.2, 0.25) is 5.95 Å². The highest BCUT2D eigenvalue weighted by Crippen LogP contribution is 2.32. The Labute approximate surface area is 196 Å². The largest absolute Gasteiger partial charge is 0.368 e. The maximum atomic E-state index is 11.8. The van der Waals surface area contributed by atoms with Gasteiger partial charge in [-0.2, -0.15) is 10.1 Å². The Morgan fingerprint density at radius 2 is 1.88 bits per heavy atom. The van der Waals surface area contributed by atoms with Crippen molar-refractivity contribution in [1.29, 1.82) is 0 Å². The van der Waals surface area contributed by atoms with Crippen LogP contribution in [-0.4, -0.2) is 54.8 Å². The number of nitrogen functional groups attached to an aromatic ring is 1. The average Bonchev–Trinajstić information content (AvgIpc) is 3.54. The molecule has 0 spiro atoms. The van der Waals surface area contributed by atoms with Crippen molar-refractivity contribution in [1.82, 2.24) is 34.9 Å². The van der Waals surface area contributed by atoms with E-state index in [-0.39, 0.29) is 35.3 Å². The second-order valence-corrected chi connectivity index (χ2v) is 11.0. The Morgan fingerprint density at radius 3 is 2.53 bits per heavy atom. The first kappa shape index (κ1) is 22.1. The highest BCUT2D eigenvalue weighted by Gasteiger charge is 2.30. The van der Waals surface area contributed by atoms with Gasteiger partial charge in [0.1, 0.15) is 0 Å². The van der Waals surface area contributed by atoms with E-state index in [2.05, 4.69) is 44.0 Å². The molecule has 0 bridgehead atoms. The summed E-state index contributed by atoms with van der Waals surface area (Å²) in [7, 11) is -3.00. The first-order valence-corrected chi connectivity index (χ1v) is 12.7. The molecule has 0 saturated carbocycles. The van der Waals surface area contributed by atoms with Crippen molar-refractivity contribution < 1.29 is 12.9 Å². The first-order chi connectivity index (χ1) is 16.3. The van der Waals surface area contributed by atoms with Crippen molar-refractivity contribution >= 4 is 15.8 Å². The second-order valence-electron chi connectivity index (χ2n) is 8.75. The maximum Gasteiger partial charge on any atom is 0.261 e. The molecule has 0 amide bonds. The molecule has 0 aliphatic carbocycles. The van der Waals surface area contributed by atoms with Gasteiger partial charge in [0.05, 0.1) is 40.9 Å². The molecule has 0 radical (unpaired) electrons. The van der Waals surface area contributed by atoms with E-state index >= 15 is 0 Å². The maximum absolute atomic E-state index is 11.8. The lowest BCUT2D eigenvalue weighted by Crippen LogP contribution is -2.11. The van der Waals surface area contributed by atoms with Crippen molar-refractivity contribution in [3.8, 4) is 22.7 Å². The number of hydrogen-bond acceptors (Lipinski definition) is 10. The summed E-state index contributed by atoms with van der Waals surface area (Å²) in [6.45, 7) is 4.17. The molecule has 4 aromatic heterocycles. The number of sulfone groups is 1. The lowest BCUT2D eigenvalue weighted by molar-refractivity contribution is 0.409. The minimum absolute atomic E-state index is 0.101. The molecule has 1 aliphatic rings. The second kappa shape index (κ2) is 8.60. The molecule has 5 heterocycles. The number of nitrogens with zero attached hydrogens (tertiary/aromatic N) is 7. The highest BCUT2D eigenvalue weighted by atomic mass is 32.2. The molecule has 2 atom stereocenters. The molecule has 2 unspecified atom stereocenters. The molecular formula is C22H24N8O3S. The van der Waals surface area contributed by atoms with Crippen LogP contribution < -0.4 is 5.73 Å². The number of rotatable bonds is 6. The van der Waals surface area contributed by atoms with Crippen molar-refractivity contribution in [3.05, 3.63) is 54.5 Å². The van der Waals surface area contributed by atoms with Crippen LogP contribution in [0.2, 0.25) is 0 Å². The predicted octanol–water partition coefficient (Wildman–Crippen LogP) is 2.51. The summed E-state index contributed by atoms with van der Waals surface area (Å²) in [6, 6.07) is 3.72. The summed E-state index contributed by atoms with van der Waals surface area (Å²) >= 11 is 0. The summed E-state index contributed by atoms with van der Waals surface area (Å²) in [5.41, 5.74) is 8.68. The molecular weight excluding hydrogens is 456 g/mol. The van der Waals surface area contributed by atoms with Gasteiger partial charge in [0, 0.05) is 30.4 Å². The van der Waals surface area contributed by atoms with E-state index in [9.17, 15) is 8.42 Å². The van der Waals surface area contributed by atoms with Crippen LogP contribution >= 0.6 is 0 Å². The lowest BCUT2D eigenvalue weighted by atomic mass is 9.88. The van der Waals surface area contributed by atoms with Crippen LogP contribution in [0.5, 0.6) is 0 Å². The zero-order chi connectivity index (χ0) is 23.9. The molecule has 1 saturated heterocycles. The van der Waals surface area contributed by atoms with Crippen molar-refractivity contribution in [2.75, 3.05) is 17.2 Å². The predicted molar refractivity (Wildman–Crippen MR) is 124 cm³/mol. The Bertz CT molecular complexity index is 1390. The fraction of sp³-hybridized carbons (Fsp3) is 0.364. The molecule has 1 fully saturated rings. The Hall–Kier alpha value is -3.67. The summed E-state index contributed by atoms with van der Waals surface area (Å²) < 4.78 is 30.8. The van der Waals surface area contributed by atoms with Crippen molar-refractivity contribution in [2.24, 2.45) is 5.92 Å². The number of anilines is 1. The molecule has 34 heavy (non-hydrogen) atoms. The van der Waals surface area contributed by atoms with Crippen LogP contribution in [0, 0.1) is 5.92 Å². The Kier molecular flexibility index (Phi) is 5.60. The fourth-order valence-corrected chi connectivity index (χ4v) is 5.88. The van der Waals surface area contributed by atoms with Crippen LogP contribution in [0.1, 0.15) is 43.6 Å². The van der Waals surface area contributed by atoms with Gasteiger partial charge in [-0.3, -0.25) is 9.67 Å². The van der Waals surface area contributed by atoms with Crippen molar-refractivity contribution in [3.63, 3.8) is 0 Å². The summed E-state index contributed by atoms with van der Waals surface area (Å²) in [6.07, 6.45) is 9.01. The standard InChI is InChI=1S/C22H24N8O3S/c1-13(2)19(14-3-4-18(24-7-14)15-8-25-22(23)26-9-15)20-28-21(33-29-20)16-10-27-30(11-16)17-5-6-34(31,32)12-17/h3-4,7-11,13,17,19H,5-6,12H2,1-2H3,(H2,23,25,26). The van der Waals surface area contributed by atoms with Crippen LogP contribution in [0.25, 0.3) is 22.7 Å². The quantitative estimate of drug-likeness (QED) is 0.435. The lowest BCUT2D eigenvalue weighted by Gasteiger charge is -2.17. The van der Waals surface area contributed by atoms with Gasteiger partial charge in [-0.25, -0.2) is 18.4 Å². The van der Waals surface area contributed by atoms with Gasteiger partial charge < -0.3 is 10.3 Å². The number of aromatic nitrogens is 7. The zero-order valence-electron chi connectivity index (χ0n) is 18.7. The third-order valence-electron chi connectivity index (χ3n) is 5.93. The van der Waals surface area contributed by atoms with Crippen LogP contribution in [0.3, 0.4) is 0 Å². The van der Waals surface area contributed by atoms with E-state index in [0.29, 0.717) is 23.7 Å². The third-order valence-corrected chi connectivity index (χ3v) is 7.68. The van der Waals surface area contributed by atoms with Gasteiger partial charge in [-0.1, -0.05) is 25.1 Å². The molecule has 0 aromatic carbocycles. The highest BCUT2D eigenvalue weighted by molar-refractivity contribution is 7.91. The average molecular weight is 481 g/mol. The molecule has 2 N–H and O–H groups in total. The van der Waals surface area contributed by atoms with E-state index < -0.39 is 9.84 Å². The molecule has 1 aliphatic heterocycles. The van der Waals surface area contributed by atoms with Gasteiger partial charge in [0.15, 0.2) is 15.7 Å². The zero-order valence-corrected chi connectivity index (χ0v) is 19.6. The SMILES string of the molecule is CC(C)C(c1ccc(-c2cnc(N)nc2)nc1)c1noc(-c2cnn(C3CCS(=O)(=O)C3)c2)n1. The molecule has 11 nitrogen and oxygen atoms in total. The topological polar surface area (TPSA) is 156 Å². The minimum Gasteiger partial charge on any atom is -0.368 e. The van der Waals surface area contributed by atoms with E-state index in [1.165, 1.54) is 0 Å². The van der Waals surface area contributed by atoms with Crippen molar-refractivity contribution in [2.45, 2.75) is 32.2 Å². The summed E-state index contributed by atoms with van der Waals surface area (Å²) in [5.74, 6) is 1.45. The molecule has 4 aromatic rings. The van der Waals surface area contributed by atoms with E-state index in [1.807, 2.05) is 12.1 Å². The number of pyridine rings is 1. The van der Waals surface area contributed by atoms with Crippen LogP contribution in [0.15, 0.2) is 47.6 Å². The van der Waals surface area contributed by atoms with Crippen LogP contribution in [-0.2, 0) is 9.84 Å². The Morgan fingerprint density at radius 1 is 1.09 bits per heavy atom. The fourth-order valence-electron chi connectivity index (χ4n) is 4.17. The number of nitrogens with two attached hydrogens (primary N) is 1. The summed E-state index contributed by atoms with van der Waals surface area (Å²) in [5, 5.41) is 8.56. The minimum atomic E-state index is -3.00. The van der Waals surface area contributed by atoms with Gasteiger partial charge >= 0.3 is 0 Å². The van der Waals surface area contributed by atoms with Crippen LogP contribution in [0.4, 0.5) is 5.95 Å². The van der Waals surface area contributed by atoms with E-state index in [1.54, 1.807) is 35.7 Å².